The summed E-state index contributed by atoms with van der Waals surface area (Å²) in [6.45, 7) is 1.86. The maximum Gasteiger partial charge on any atom is 0.325 e. The van der Waals surface area contributed by atoms with Gasteiger partial charge in [-0.15, -0.1) is 0 Å². The van der Waals surface area contributed by atoms with E-state index in [-0.39, 0.29) is 23.6 Å². The summed E-state index contributed by atoms with van der Waals surface area (Å²) in [5.74, 6) is -0.507. The van der Waals surface area contributed by atoms with Gasteiger partial charge in [-0.1, -0.05) is 61.5 Å². The number of rotatable bonds is 8. The molecule has 0 saturated heterocycles. The van der Waals surface area contributed by atoms with Gasteiger partial charge in [0.05, 0.1) is 23.8 Å². The first kappa shape index (κ1) is 20.8. The molecule has 0 aliphatic rings. The summed E-state index contributed by atoms with van der Waals surface area (Å²) >= 11 is 1.14. The molecule has 0 saturated carbocycles. The van der Waals surface area contributed by atoms with Crippen molar-refractivity contribution < 1.29 is 14.3 Å². The van der Waals surface area contributed by atoms with Crippen molar-refractivity contribution in [2.75, 3.05) is 12.9 Å². The average molecular weight is 410 g/mol. The number of Topliss-reactive ketones (excluding diaryl/α,β-unsaturated/α-hetero) is 1. The molecule has 0 radical (unpaired) electrons. The zero-order valence-corrected chi connectivity index (χ0v) is 17.2. The summed E-state index contributed by atoms with van der Waals surface area (Å²) in [5, 5.41) is 0.730. The quantitative estimate of drug-likeness (QED) is 0.245. The second-order valence-electron chi connectivity index (χ2n) is 6.54. The number of ketones is 1. The van der Waals surface area contributed by atoms with Gasteiger partial charge in [-0.05, 0) is 24.1 Å². The van der Waals surface area contributed by atoms with Crippen LogP contribution in [-0.4, -0.2) is 34.2 Å². The highest BCUT2D eigenvalue weighted by Gasteiger charge is 2.16. The number of fused-ring (bicyclic) bond motifs is 1. The smallest absolute Gasteiger partial charge is 0.325 e. The number of carbonyl (C=O) groups excluding carboxylic acids is 2. The van der Waals surface area contributed by atoms with Crippen LogP contribution in [0.2, 0.25) is 0 Å². The van der Waals surface area contributed by atoms with Gasteiger partial charge >= 0.3 is 5.97 Å². The van der Waals surface area contributed by atoms with Gasteiger partial charge in [0, 0.05) is 5.56 Å². The minimum atomic E-state index is -0.552. The zero-order chi connectivity index (χ0) is 20.8. The van der Waals surface area contributed by atoms with Crippen molar-refractivity contribution in [2.45, 2.75) is 31.5 Å². The van der Waals surface area contributed by atoms with Crippen LogP contribution in [0.25, 0.3) is 10.9 Å². The Morgan fingerprint density at radius 3 is 2.52 bits per heavy atom. The van der Waals surface area contributed by atoms with E-state index in [9.17, 15) is 14.4 Å². The molecule has 0 fully saturated rings. The molecule has 3 aromatic rings. The highest BCUT2D eigenvalue weighted by atomic mass is 32.2. The number of nitrogens with zero attached hydrogens (tertiary/aromatic N) is 2. The lowest BCUT2D eigenvalue weighted by Gasteiger charge is -2.12. The maximum absolute atomic E-state index is 12.8. The molecule has 0 amide bonds. The largest absolute Gasteiger partial charge is 0.468 e. The fourth-order valence-corrected chi connectivity index (χ4v) is 3.84. The van der Waals surface area contributed by atoms with E-state index in [1.165, 1.54) is 17.2 Å². The van der Waals surface area contributed by atoms with Gasteiger partial charge in [-0.2, -0.15) is 0 Å². The Hall–Kier alpha value is -2.93. The standard InChI is InChI=1S/C22H22N2O4S/c1-3-6-15-9-11-16(12-10-15)19(25)14-29-22-23-18-8-5-4-7-17(18)21(27)24(22)13-20(26)28-2/h4-5,7-12H,3,6,13-14H2,1-2H3. The van der Waals surface area contributed by atoms with E-state index in [0.717, 1.165) is 24.6 Å². The minimum absolute atomic E-state index is 0.0647. The molecule has 0 spiro atoms. The van der Waals surface area contributed by atoms with E-state index >= 15 is 0 Å². The molecule has 3 rings (SSSR count). The van der Waals surface area contributed by atoms with Crippen LogP contribution in [0.4, 0.5) is 0 Å². The van der Waals surface area contributed by atoms with Gasteiger partial charge in [0.15, 0.2) is 10.9 Å². The van der Waals surface area contributed by atoms with Crippen molar-refractivity contribution in [3.05, 3.63) is 70.0 Å². The zero-order valence-electron chi connectivity index (χ0n) is 16.4. The lowest BCUT2D eigenvalue weighted by molar-refractivity contribution is -0.141. The highest BCUT2D eigenvalue weighted by Crippen LogP contribution is 2.20. The van der Waals surface area contributed by atoms with Crippen LogP contribution < -0.4 is 5.56 Å². The lowest BCUT2D eigenvalue weighted by Crippen LogP contribution is -2.27. The van der Waals surface area contributed by atoms with Gasteiger partial charge in [0.2, 0.25) is 0 Å². The number of ether oxygens (including phenoxy) is 1. The number of aryl methyl sites for hydroxylation is 1. The first-order valence-corrected chi connectivity index (χ1v) is 10.3. The fraction of sp³-hybridized carbons (Fsp3) is 0.273. The molecule has 6 nitrogen and oxygen atoms in total. The number of thioether (sulfide) groups is 1. The summed E-state index contributed by atoms with van der Waals surface area (Å²) in [4.78, 5) is 41.7. The Kier molecular flexibility index (Phi) is 6.82. The van der Waals surface area contributed by atoms with Gasteiger partial charge in [-0.25, -0.2) is 4.98 Å². The first-order chi connectivity index (χ1) is 14.0. The lowest BCUT2D eigenvalue weighted by atomic mass is 10.1. The minimum Gasteiger partial charge on any atom is -0.468 e. The number of benzene rings is 2. The van der Waals surface area contributed by atoms with Crippen LogP contribution in [0.15, 0.2) is 58.5 Å². The van der Waals surface area contributed by atoms with Gasteiger partial charge in [0.1, 0.15) is 6.54 Å². The Labute approximate surface area is 172 Å². The third-order valence-electron chi connectivity index (χ3n) is 4.49. The number of esters is 1. The van der Waals surface area contributed by atoms with Crippen LogP contribution in [-0.2, 0) is 22.5 Å². The number of para-hydroxylation sites is 1. The van der Waals surface area contributed by atoms with Crippen LogP contribution in [0, 0.1) is 0 Å². The fourth-order valence-electron chi connectivity index (χ4n) is 2.95. The summed E-state index contributed by atoms with van der Waals surface area (Å²) < 4.78 is 5.96. The number of carbonyl (C=O) groups is 2. The van der Waals surface area contributed by atoms with Crippen LogP contribution in [0.1, 0.15) is 29.3 Å². The number of aromatic nitrogens is 2. The third-order valence-corrected chi connectivity index (χ3v) is 5.46. The molecule has 0 bridgehead atoms. The molecule has 2 aromatic carbocycles. The summed E-state index contributed by atoms with van der Waals surface area (Å²) in [7, 11) is 1.26. The van der Waals surface area contributed by atoms with Crippen molar-refractivity contribution >= 4 is 34.4 Å². The molecule has 0 atom stereocenters. The predicted molar refractivity (Wildman–Crippen MR) is 114 cm³/mol. The van der Waals surface area contributed by atoms with E-state index in [0.29, 0.717) is 21.6 Å². The molecule has 0 aliphatic carbocycles. The summed E-state index contributed by atoms with van der Waals surface area (Å²) in [5.41, 5.74) is 2.00. The Morgan fingerprint density at radius 1 is 1.10 bits per heavy atom. The Balaban J connectivity index is 1.86. The number of hydrogen-bond donors (Lipinski definition) is 0. The molecule has 7 heteroatoms. The van der Waals surface area contributed by atoms with Crippen LogP contribution in [0.5, 0.6) is 0 Å². The number of methoxy groups -OCH3 is 1. The SMILES string of the molecule is CCCc1ccc(C(=O)CSc2nc3ccccc3c(=O)n2CC(=O)OC)cc1. The summed E-state index contributed by atoms with van der Waals surface area (Å²) in [6.07, 6.45) is 2.03. The molecule has 0 unspecified atom stereocenters. The van der Waals surface area contributed by atoms with E-state index in [4.69, 9.17) is 4.74 Å². The van der Waals surface area contributed by atoms with Gasteiger partial charge < -0.3 is 4.74 Å². The normalized spacial score (nSPS) is 10.8. The summed E-state index contributed by atoms with van der Waals surface area (Å²) in [6, 6.07) is 14.5. The van der Waals surface area contributed by atoms with Crippen LogP contribution >= 0.6 is 11.8 Å². The highest BCUT2D eigenvalue weighted by molar-refractivity contribution is 7.99. The second kappa shape index (κ2) is 9.52. The van der Waals surface area contributed by atoms with E-state index in [1.807, 2.05) is 24.3 Å². The molecule has 29 heavy (non-hydrogen) atoms. The van der Waals surface area contributed by atoms with Crippen molar-refractivity contribution in [3.8, 4) is 0 Å². The first-order valence-electron chi connectivity index (χ1n) is 9.34. The van der Waals surface area contributed by atoms with Gasteiger partial charge in [-0.3, -0.25) is 19.0 Å². The third kappa shape index (κ3) is 4.92. The van der Waals surface area contributed by atoms with Crippen molar-refractivity contribution in [1.29, 1.82) is 0 Å². The number of hydrogen-bond acceptors (Lipinski definition) is 6. The van der Waals surface area contributed by atoms with Crippen LogP contribution in [0.3, 0.4) is 0 Å². The average Bonchev–Trinajstić information content (AvgIpc) is 2.75. The van der Waals surface area contributed by atoms with E-state index in [1.54, 1.807) is 24.3 Å². The topological polar surface area (TPSA) is 78.3 Å². The van der Waals surface area contributed by atoms with Crippen molar-refractivity contribution in [2.24, 2.45) is 0 Å². The molecule has 1 heterocycles. The monoisotopic (exact) mass is 410 g/mol. The van der Waals surface area contributed by atoms with Gasteiger partial charge in [0.25, 0.3) is 5.56 Å². The second-order valence-corrected chi connectivity index (χ2v) is 7.48. The predicted octanol–water partition coefficient (Wildman–Crippen LogP) is 3.50. The molecular formula is C22H22N2O4S. The molecular weight excluding hydrogens is 388 g/mol. The maximum atomic E-state index is 12.8. The van der Waals surface area contributed by atoms with Crippen molar-refractivity contribution in [3.63, 3.8) is 0 Å². The molecule has 150 valence electrons. The Bertz CT molecular complexity index is 1090. The molecule has 0 aliphatic heterocycles. The van der Waals surface area contributed by atoms with Crippen molar-refractivity contribution in [1.82, 2.24) is 9.55 Å². The van der Waals surface area contributed by atoms with E-state index < -0.39 is 5.97 Å². The molecule has 1 aromatic heterocycles. The Morgan fingerprint density at radius 2 is 1.83 bits per heavy atom. The molecule has 0 N–H and O–H groups in total. The van der Waals surface area contributed by atoms with E-state index in [2.05, 4.69) is 11.9 Å².